The van der Waals surface area contributed by atoms with Gasteiger partial charge in [0.1, 0.15) is 85.0 Å². The van der Waals surface area contributed by atoms with E-state index in [0.717, 1.165) is 5.57 Å². The minimum Gasteiger partial charge on any atom is -0.481 e. The van der Waals surface area contributed by atoms with Crippen molar-refractivity contribution in [1.82, 2.24) is 0 Å². The number of carbonyl (C=O) groups excluding carboxylic acids is 1. The van der Waals surface area contributed by atoms with Crippen LogP contribution < -0.4 is 0 Å². The zero-order chi connectivity index (χ0) is 62.9. The first-order valence-electron chi connectivity index (χ1n) is 30.3. The molecule has 0 aromatic heterocycles. The normalized spacial score (nSPS) is 54.6. The maximum Gasteiger partial charge on any atom is 0.315 e. The number of ether oxygens (including phenoxy) is 10. The maximum atomic E-state index is 15.6. The van der Waals surface area contributed by atoms with E-state index in [2.05, 4.69) is 26.8 Å². The lowest BCUT2D eigenvalue weighted by Crippen LogP contribution is -2.71. The second-order valence-corrected chi connectivity index (χ2v) is 28.1. The molecule has 4 saturated carbocycles. The summed E-state index contributed by atoms with van der Waals surface area (Å²) in [4.78, 5) is 29.4. The Kier molecular flexibility index (Phi) is 18.6. The number of fused-ring (bicyclic) bond motifs is 7. The summed E-state index contributed by atoms with van der Waals surface area (Å²) in [6.07, 6.45) is -33.4. The molecule has 16 N–H and O–H groups in total. The van der Waals surface area contributed by atoms with Crippen molar-refractivity contribution in [3.8, 4) is 0 Å². The summed E-state index contributed by atoms with van der Waals surface area (Å²) in [6, 6.07) is 0. The molecule has 10 rings (SSSR count). The number of carboxylic acid groups (broad SMARTS) is 1. The highest BCUT2D eigenvalue weighted by Gasteiger charge is 2.74. The van der Waals surface area contributed by atoms with Crippen molar-refractivity contribution in [2.75, 3.05) is 26.4 Å². The van der Waals surface area contributed by atoms with Gasteiger partial charge in [-0.05, 0) is 113 Å². The highest BCUT2D eigenvalue weighted by molar-refractivity contribution is 5.79. The second kappa shape index (κ2) is 24.0. The van der Waals surface area contributed by atoms with Crippen LogP contribution in [0, 0.1) is 50.2 Å². The van der Waals surface area contributed by atoms with Gasteiger partial charge in [-0.1, -0.05) is 39.3 Å². The molecule has 0 bridgehead atoms. The minimum absolute atomic E-state index is 0.0259. The zero-order valence-corrected chi connectivity index (χ0v) is 49.5. The molecule has 32 atom stereocenters. The first-order chi connectivity index (χ1) is 40.2. The fraction of sp³-hybridized carbons (Fsp3) is 0.931. The van der Waals surface area contributed by atoms with E-state index in [1.54, 1.807) is 0 Å². The van der Waals surface area contributed by atoms with Gasteiger partial charge in [0.15, 0.2) is 37.6 Å². The Bertz CT molecular complexity index is 2470. The van der Waals surface area contributed by atoms with Crippen LogP contribution in [-0.4, -0.2) is 267 Å². The van der Waals surface area contributed by atoms with E-state index in [-0.39, 0.29) is 43.6 Å². The first kappa shape index (κ1) is 66.6. The van der Waals surface area contributed by atoms with E-state index < -0.39 is 224 Å². The second-order valence-electron chi connectivity index (χ2n) is 28.1. The summed E-state index contributed by atoms with van der Waals surface area (Å²) in [7, 11) is 0. The summed E-state index contributed by atoms with van der Waals surface area (Å²) in [5.41, 5.74) is -7.44. The van der Waals surface area contributed by atoms with Gasteiger partial charge >= 0.3 is 11.9 Å². The van der Waals surface area contributed by atoms with Gasteiger partial charge in [0, 0.05) is 11.8 Å². The highest BCUT2D eigenvalue weighted by atomic mass is 16.8. The molecule has 9 fully saturated rings. The molecule has 0 amide bonds. The molecule has 5 aliphatic carbocycles. The molecule has 3 unspecified atom stereocenters. The van der Waals surface area contributed by atoms with E-state index >= 15 is 4.79 Å². The van der Waals surface area contributed by atoms with E-state index in [1.165, 1.54) is 20.8 Å². The fourth-order valence-electron chi connectivity index (χ4n) is 17.6. The monoisotopic (exact) mass is 1240 g/mol. The minimum atomic E-state index is -2.19. The smallest absolute Gasteiger partial charge is 0.315 e. The van der Waals surface area contributed by atoms with Crippen molar-refractivity contribution in [3.05, 3.63) is 11.6 Å². The first-order valence-corrected chi connectivity index (χ1v) is 30.3. The fourth-order valence-corrected chi connectivity index (χ4v) is 17.6. The molecule has 5 saturated heterocycles. The number of aliphatic hydroxyl groups excluding tert-OH is 14. The van der Waals surface area contributed by atoms with Gasteiger partial charge in [0.05, 0.1) is 55.6 Å². The van der Waals surface area contributed by atoms with Gasteiger partial charge in [-0.2, -0.15) is 0 Å². The van der Waals surface area contributed by atoms with E-state index in [4.69, 9.17) is 47.4 Å². The van der Waals surface area contributed by atoms with Crippen LogP contribution in [0.3, 0.4) is 0 Å². The summed E-state index contributed by atoms with van der Waals surface area (Å²) in [6.45, 7) is 10.1. The molecule has 86 heavy (non-hydrogen) atoms. The van der Waals surface area contributed by atoms with Crippen LogP contribution in [0.1, 0.15) is 113 Å². The van der Waals surface area contributed by atoms with Gasteiger partial charge < -0.3 is 129 Å². The SMILES string of the molecule is C[C@@H]1O[C@@H](O[C@H]2[C@H](OC(=O)[C@]34CCC(C)(C)CC3C3=CCC5[C@@]6(C)C[C@H](O)[C@H](O[C@@H]7O[C@H](CO)[C@@H](O)[C@H](O)[C@H]7O)[C@@](C)(C(=O)O)C6CC[C@@]5(C)[C@]3(CO)CC4)O[C@H](C)[C@H](O)[C@@H]2O)[C@H](O)[C@H](O[C@H]2C[C@@](O)(CO)[C@H](O)O2)[C@H]1O[C@@H]1OC[C@@H](O)[C@H](O)[C@H]1O. The van der Waals surface area contributed by atoms with E-state index in [1.807, 2.05) is 6.92 Å². The Morgan fingerprint density at radius 1 is 0.605 bits per heavy atom. The molecule has 10 aliphatic rings. The van der Waals surface area contributed by atoms with Crippen molar-refractivity contribution < 1.29 is 139 Å². The average Bonchev–Trinajstić information content (AvgIpc) is 0.743. The third kappa shape index (κ3) is 10.6. The number of allylic oxidation sites excluding steroid dienone is 1. The molecule has 28 nitrogen and oxygen atoms in total. The van der Waals surface area contributed by atoms with Gasteiger partial charge in [0.2, 0.25) is 6.29 Å². The molecule has 28 heteroatoms. The lowest BCUT2D eigenvalue weighted by molar-refractivity contribution is -0.384. The number of hydrogen-bond donors (Lipinski definition) is 16. The van der Waals surface area contributed by atoms with Crippen LogP contribution >= 0.6 is 0 Å². The standard InChI is InChI=1S/C58H92O28/c1-23-33(64)37(68)43(84-47-40(71)42(81-32-18-58(76,22-61)51(75)82-32)41(24(2)79-47)83-45-38(69)34(65)28(63)20-77-45)48(78-23)86-50(74)56-13-12-52(3,4)16-26(56)25-8-9-30-53(5)17-27(62)44(85-46-39(70)36(67)35(66)29(19-59)80-46)55(7,49(72)73)31(53)10-11-54(30,6)57(25,21-60)15-14-56/h8,23-24,26-48,51,59-71,75-76H,9-22H2,1-7H3,(H,72,73)/t23-,24+,26?,27+,28-,29-,30?,31?,32-,33+,34+,35-,36+,37+,38-,39-,40-,41+,42+,43-,44+,45+,46+,47+,48+,51-,53-,54-,55+,56+,57+,58-/m1/s1. The molecule has 5 aliphatic heterocycles. The lowest BCUT2D eigenvalue weighted by Gasteiger charge is -2.71. The Labute approximate surface area is 497 Å². The predicted octanol–water partition coefficient (Wildman–Crippen LogP) is -3.52. The molecule has 0 aromatic carbocycles. The average molecular weight is 1240 g/mol. The van der Waals surface area contributed by atoms with Crippen LogP contribution in [0.15, 0.2) is 11.6 Å². The van der Waals surface area contributed by atoms with Gasteiger partial charge in [-0.25, -0.2) is 0 Å². The number of aliphatic carboxylic acids is 1. The number of carboxylic acids is 1. The quantitative estimate of drug-likeness (QED) is 0.0455. The van der Waals surface area contributed by atoms with Gasteiger partial charge in [-0.15, -0.1) is 0 Å². The lowest BCUT2D eigenvalue weighted by atomic mass is 9.33. The number of hydrogen-bond acceptors (Lipinski definition) is 27. The van der Waals surface area contributed by atoms with Crippen LogP contribution in [0.2, 0.25) is 0 Å². The summed E-state index contributed by atoms with van der Waals surface area (Å²) >= 11 is 0. The third-order valence-corrected chi connectivity index (χ3v) is 22.8. The summed E-state index contributed by atoms with van der Waals surface area (Å²) in [5, 5.41) is 175. The third-order valence-electron chi connectivity index (χ3n) is 22.8. The number of esters is 1. The van der Waals surface area contributed by atoms with Crippen molar-refractivity contribution in [2.24, 2.45) is 50.2 Å². The van der Waals surface area contributed by atoms with Crippen LogP contribution in [-0.2, 0) is 57.0 Å². The van der Waals surface area contributed by atoms with Crippen LogP contribution in [0.25, 0.3) is 0 Å². The summed E-state index contributed by atoms with van der Waals surface area (Å²) in [5.74, 6) is -3.58. The maximum absolute atomic E-state index is 15.6. The highest BCUT2D eigenvalue weighted by Crippen LogP contribution is 2.76. The van der Waals surface area contributed by atoms with Crippen LogP contribution in [0.4, 0.5) is 0 Å². The number of aliphatic hydroxyl groups is 15. The largest absolute Gasteiger partial charge is 0.481 e. The molecular formula is C58H92O28. The topological polar surface area (TPSA) is 450 Å². The molecule has 492 valence electrons. The number of rotatable bonds is 14. The molecule has 5 heterocycles. The van der Waals surface area contributed by atoms with E-state index in [9.17, 15) is 86.5 Å². The van der Waals surface area contributed by atoms with Crippen molar-refractivity contribution >= 4 is 11.9 Å². The Balaban J connectivity index is 0.925. The van der Waals surface area contributed by atoms with Gasteiger partial charge in [0.25, 0.3) is 0 Å². The van der Waals surface area contributed by atoms with Crippen molar-refractivity contribution in [2.45, 2.75) is 260 Å². The molecule has 0 spiro atoms. The van der Waals surface area contributed by atoms with Gasteiger partial charge in [-0.3, -0.25) is 9.59 Å². The number of carbonyl (C=O) groups is 2. The Morgan fingerprint density at radius 3 is 1.91 bits per heavy atom. The summed E-state index contributed by atoms with van der Waals surface area (Å²) < 4.78 is 59.9. The van der Waals surface area contributed by atoms with Crippen molar-refractivity contribution in [1.29, 1.82) is 0 Å². The molecular weight excluding hydrogens is 1140 g/mol. The van der Waals surface area contributed by atoms with Crippen LogP contribution in [0.5, 0.6) is 0 Å². The Hall–Kier alpha value is -2.28. The molecule has 0 radical (unpaired) electrons. The zero-order valence-electron chi connectivity index (χ0n) is 49.5. The Morgan fingerprint density at radius 2 is 1.26 bits per heavy atom. The predicted molar refractivity (Wildman–Crippen MR) is 285 cm³/mol. The molecule has 0 aromatic rings. The van der Waals surface area contributed by atoms with E-state index in [0.29, 0.717) is 32.1 Å². The van der Waals surface area contributed by atoms with Crippen molar-refractivity contribution in [3.63, 3.8) is 0 Å².